The highest BCUT2D eigenvalue weighted by Crippen LogP contribution is 2.35. The van der Waals surface area contributed by atoms with Crippen LogP contribution in [0, 0.1) is 11.9 Å². The van der Waals surface area contributed by atoms with Crippen LogP contribution in [-0.4, -0.2) is 17.1 Å². The summed E-state index contributed by atoms with van der Waals surface area (Å²) in [4.78, 5) is 15.2. The molecule has 2 rings (SSSR count). The number of aromatic nitrogens is 1. The van der Waals surface area contributed by atoms with E-state index in [0.29, 0.717) is 0 Å². The average Bonchev–Trinajstić information content (AvgIpc) is 2.40. The highest BCUT2D eigenvalue weighted by atomic mass is 19.4. The van der Waals surface area contributed by atoms with E-state index in [1.165, 1.54) is 12.1 Å². The van der Waals surface area contributed by atoms with Gasteiger partial charge in [-0.25, -0.2) is 4.98 Å². The van der Waals surface area contributed by atoms with Gasteiger partial charge in [-0.1, -0.05) is 13.0 Å². The first-order valence-electron chi connectivity index (χ1n) is 6.19. The molecule has 1 aromatic heterocycles. The van der Waals surface area contributed by atoms with Gasteiger partial charge in [0.15, 0.2) is 0 Å². The van der Waals surface area contributed by atoms with E-state index in [-0.39, 0.29) is 18.0 Å². The molecule has 1 atom stereocenters. The number of carbonyl (C=O) groups is 1. The Morgan fingerprint density at radius 1 is 1.43 bits per heavy atom. The number of alkyl halides is 3. The van der Waals surface area contributed by atoms with E-state index in [9.17, 15) is 22.4 Å². The van der Waals surface area contributed by atoms with Gasteiger partial charge in [0.1, 0.15) is 0 Å². The molecule has 7 heteroatoms. The number of pyridine rings is 1. The third-order valence-corrected chi connectivity index (χ3v) is 3.04. The number of amides is 1. The SMILES string of the molecule is CC1C=CC(NC(=O)c2cccnc2F)=C(C(F)(F)F)C1. The van der Waals surface area contributed by atoms with Crippen LogP contribution >= 0.6 is 0 Å². The van der Waals surface area contributed by atoms with Crippen molar-refractivity contribution in [3.05, 3.63) is 53.3 Å². The van der Waals surface area contributed by atoms with Crippen molar-refractivity contribution in [1.82, 2.24) is 10.3 Å². The summed E-state index contributed by atoms with van der Waals surface area (Å²) in [5.41, 5.74) is -1.58. The van der Waals surface area contributed by atoms with Gasteiger partial charge in [0, 0.05) is 11.9 Å². The lowest BCUT2D eigenvalue weighted by Crippen LogP contribution is -2.29. The highest BCUT2D eigenvalue weighted by molar-refractivity contribution is 5.95. The monoisotopic (exact) mass is 300 g/mol. The van der Waals surface area contributed by atoms with Crippen molar-refractivity contribution < 1.29 is 22.4 Å². The molecule has 1 N–H and O–H groups in total. The van der Waals surface area contributed by atoms with Crippen LogP contribution in [0.1, 0.15) is 23.7 Å². The Labute approximate surface area is 118 Å². The lowest BCUT2D eigenvalue weighted by molar-refractivity contribution is -0.0959. The Kier molecular flexibility index (Phi) is 4.11. The Balaban J connectivity index is 2.30. The van der Waals surface area contributed by atoms with Crippen molar-refractivity contribution in [2.24, 2.45) is 5.92 Å². The Hall–Kier alpha value is -2.18. The van der Waals surface area contributed by atoms with Crippen molar-refractivity contribution in [2.45, 2.75) is 19.5 Å². The molecule has 0 saturated carbocycles. The molecular formula is C14H12F4N2O. The van der Waals surface area contributed by atoms with Crippen LogP contribution < -0.4 is 5.32 Å². The first kappa shape index (κ1) is 15.2. The maximum Gasteiger partial charge on any atom is 0.414 e. The fourth-order valence-corrected chi connectivity index (χ4v) is 1.99. The van der Waals surface area contributed by atoms with Gasteiger partial charge in [-0.05, 0) is 30.5 Å². The number of nitrogens with zero attached hydrogens (tertiary/aromatic N) is 1. The summed E-state index contributed by atoms with van der Waals surface area (Å²) >= 11 is 0. The van der Waals surface area contributed by atoms with Gasteiger partial charge in [-0.3, -0.25) is 4.79 Å². The van der Waals surface area contributed by atoms with Gasteiger partial charge in [0.05, 0.1) is 11.1 Å². The molecule has 0 fully saturated rings. The van der Waals surface area contributed by atoms with Gasteiger partial charge in [-0.15, -0.1) is 0 Å². The normalized spacial score (nSPS) is 18.8. The van der Waals surface area contributed by atoms with Crippen molar-refractivity contribution in [2.75, 3.05) is 0 Å². The standard InChI is InChI=1S/C14H12F4N2O/c1-8-4-5-11(10(7-8)14(16,17)18)20-13(21)9-3-2-6-19-12(9)15/h2-6,8H,7H2,1H3,(H,20,21). The topological polar surface area (TPSA) is 42.0 Å². The zero-order chi connectivity index (χ0) is 15.6. The van der Waals surface area contributed by atoms with Gasteiger partial charge in [-0.2, -0.15) is 17.6 Å². The summed E-state index contributed by atoms with van der Waals surface area (Å²) in [5.74, 6) is -2.27. The maximum atomic E-state index is 13.4. The molecule has 0 radical (unpaired) electrons. The van der Waals surface area contributed by atoms with Crippen LogP contribution in [0.3, 0.4) is 0 Å². The second-order valence-corrected chi connectivity index (χ2v) is 4.73. The molecule has 3 nitrogen and oxygen atoms in total. The third-order valence-electron chi connectivity index (χ3n) is 3.04. The minimum Gasteiger partial charge on any atom is -0.322 e. The Bertz CT molecular complexity index is 620. The van der Waals surface area contributed by atoms with E-state index in [1.54, 1.807) is 13.0 Å². The predicted molar refractivity (Wildman–Crippen MR) is 67.7 cm³/mol. The zero-order valence-corrected chi connectivity index (χ0v) is 11.0. The summed E-state index contributed by atoms with van der Waals surface area (Å²) in [7, 11) is 0. The molecule has 0 saturated heterocycles. The first-order valence-corrected chi connectivity index (χ1v) is 6.19. The smallest absolute Gasteiger partial charge is 0.322 e. The first-order chi connectivity index (χ1) is 9.79. The molecule has 0 bridgehead atoms. The summed E-state index contributed by atoms with van der Waals surface area (Å²) in [6.45, 7) is 1.64. The summed E-state index contributed by atoms with van der Waals surface area (Å²) in [6, 6.07) is 2.48. The predicted octanol–water partition coefficient (Wildman–Crippen LogP) is 3.36. The number of hydrogen-bond acceptors (Lipinski definition) is 2. The Morgan fingerprint density at radius 3 is 2.76 bits per heavy atom. The second kappa shape index (κ2) is 5.67. The highest BCUT2D eigenvalue weighted by Gasteiger charge is 2.38. The van der Waals surface area contributed by atoms with Crippen LogP contribution in [-0.2, 0) is 0 Å². The van der Waals surface area contributed by atoms with Gasteiger partial charge >= 0.3 is 6.18 Å². The molecule has 1 aromatic rings. The van der Waals surface area contributed by atoms with E-state index in [1.807, 2.05) is 0 Å². The second-order valence-electron chi connectivity index (χ2n) is 4.73. The van der Waals surface area contributed by atoms with Gasteiger partial charge < -0.3 is 5.32 Å². The van der Waals surface area contributed by atoms with Crippen molar-refractivity contribution in [1.29, 1.82) is 0 Å². The van der Waals surface area contributed by atoms with Crippen LogP contribution in [0.4, 0.5) is 17.6 Å². The summed E-state index contributed by atoms with van der Waals surface area (Å²) < 4.78 is 52.3. The van der Waals surface area contributed by atoms with Crippen LogP contribution in [0.15, 0.2) is 41.8 Å². The molecule has 1 heterocycles. The number of halogens is 4. The van der Waals surface area contributed by atoms with Crippen molar-refractivity contribution >= 4 is 5.91 Å². The average molecular weight is 300 g/mol. The Morgan fingerprint density at radius 2 is 2.14 bits per heavy atom. The summed E-state index contributed by atoms with van der Waals surface area (Å²) in [6.07, 6.45) is -0.872. The molecule has 1 unspecified atom stereocenters. The maximum absolute atomic E-state index is 13.4. The van der Waals surface area contributed by atoms with Gasteiger partial charge in [0.2, 0.25) is 5.95 Å². The third kappa shape index (κ3) is 3.48. The van der Waals surface area contributed by atoms with E-state index in [2.05, 4.69) is 10.3 Å². The number of carbonyl (C=O) groups excluding carboxylic acids is 1. The molecule has 1 aliphatic carbocycles. The lowest BCUT2D eigenvalue weighted by atomic mass is 9.93. The van der Waals surface area contributed by atoms with E-state index < -0.39 is 29.2 Å². The number of nitrogens with one attached hydrogen (secondary N) is 1. The van der Waals surface area contributed by atoms with Gasteiger partial charge in [0.25, 0.3) is 5.91 Å². The number of rotatable bonds is 2. The van der Waals surface area contributed by atoms with E-state index in [0.717, 1.165) is 12.3 Å². The lowest BCUT2D eigenvalue weighted by Gasteiger charge is -2.22. The van der Waals surface area contributed by atoms with E-state index in [4.69, 9.17) is 0 Å². The molecule has 0 aromatic carbocycles. The van der Waals surface area contributed by atoms with Crippen LogP contribution in [0.2, 0.25) is 0 Å². The molecule has 21 heavy (non-hydrogen) atoms. The molecular weight excluding hydrogens is 288 g/mol. The van der Waals surface area contributed by atoms with Crippen molar-refractivity contribution in [3.63, 3.8) is 0 Å². The van der Waals surface area contributed by atoms with E-state index >= 15 is 0 Å². The minimum absolute atomic E-state index is 0.231. The number of hydrogen-bond donors (Lipinski definition) is 1. The fourth-order valence-electron chi connectivity index (χ4n) is 1.99. The van der Waals surface area contributed by atoms with Crippen LogP contribution in [0.5, 0.6) is 0 Å². The minimum atomic E-state index is -4.55. The zero-order valence-electron chi connectivity index (χ0n) is 11.0. The molecule has 0 spiro atoms. The molecule has 1 amide bonds. The fraction of sp³-hybridized carbons (Fsp3) is 0.286. The number of allylic oxidation sites excluding steroid dienone is 3. The molecule has 1 aliphatic rings. The summed E-state index contributed by atoms with van der Waals surface area (Å²) in [5, 5.41) is 2.11. The quantitative estimate of drug-likeness (QED) is 0.672. The largest absolute Gasteiger partial charge is 0.414 e. The molecule has 0 aliphatic heterocycles. The van der Waals surface area contributed by atoms with Crippen molar-refractivity contribution in [3.8, 4) is 0 Å². The van der Waals surface area contributed by atoms with Crippen LogP contribution in [0.25, 0.3) is 0 Å². The molecule has 112 valence electrons.